The Morgan fingerprint density at radius 2 is 1.81 bits per heavy atom. The molecule has 1 aromatic carbocycles. The Morgan fingerprint density at radius 1 is 1.14 bits per heavy atom. The first-order chi connectivity index (χ1) is 10.0. The van der Waals surface area contributed by atoms with Crippen LogP contribution in [0, 0.1) is 0 Å². The van der Waals surface area contributed by atoms with Crippen LogP contribution < -0.4 is 5.32 Å². The first-order valence-electron chi connectivity index (χ1n) is 7.09. The number of anilines is 1. The SMILES string of the molecule is O=S(=O)(c1ccccc1NCCN1CCCCC1)C(F)F. The summed E-state index contributed by atoms with van der Waals surface area (Å²) >= 11 is 0. The highest BCUT2D eigenvalue weighted by molar-refractivity contribution is 7.91. The van der Waals surface area contributed by atoms with Gasteiger partial charge in [-0.2, -0.15) is 8.78 Å². The third-order valence-corrected chi connectivity index (χ3v) is 5.06. The maximum atomic E-state index is 12.7. The number of nitrogens with zero attached hydrogens (tertiary/aromatic N) is 1. The van der Waals surface area contributed by atoms with Crippen molar-refractivity contribution in [3.8, 4) is 0 Å². The Balaban J connectivity index is 2.00. The van der Waals surface area contributed by atoms with Crippen molar-refractivity contribution in [1.29, 1.82) is 0 Å². The van der Waals surface area contributed by atoms with Crippen molar-refractivity contribution < 1.29 is 17.2 Å². The van der Waals surface area contributed by atoms with Gasteiger partial charge in [-0.15, -0.1) is 0 Å². The molecule has 4 nitrogen and oxygen atoms in total. The highest BCUT2D eigenvalue weighted by atomic mass is 32.2. The van der Waals surface area contributed by atoms with E-state index in [0.29, 0.717) is 6.54 Å². The van der Waals surface area contributed by atoms with Crippen molar-refractivity contribution in [3.05, 3.63) is 24.3 Å². The van der Waals surface area contributed by atoms with Gasteiger partial charge in [0.2, 0.25) is 9.84 Å². The number of sulfone groups is 1. The number of halogens is 2. The van der Waals surface area contributed by atoms with Gasteiger partial charge in [-0.1, -0.05) is 18.6 Å². The molecule has 1 fully saturated rings. The number of benzene rings is 1. The fraction of sp³-hybridized carbons (Fsp3) is 0.571. The summed E-state index contributed by atoms with van der Waals surface area (Å²) in [6.45, 7) is 3.40. The van der Waals surface area contributed by atoms with Gasteiger partial charge in [-0.25, -0.2) is 8.42 Å². The summed E-state index contributed by atoms with van der Waals surface area (Å²) < 4.78 is 48.6. The van der Waals surface area contributed by atoms with Gasteiger partial charge in [0.25, 0.3) is 0 Å². The number of para-hydroxylation sites is 1. The first kappa shape index (κ1) is 16.2. The third-order valence-electron chi connectivity index (χ3n) is 3.62. The number of alkyl halides is 2. The van der Waals surface area contributed by atoms with Crippen LogP contribution in [0.1, 0.15) is 19.3 Å². The lowest BCUT2D eigenvalue weighted by Gasteiger charge is -2.26. The predicted molar refractivity (Wildman–Crippen MR) is 78.4 cm³/mol. The fourth-order valence-electron chi connectivity index (χ4n) is 2.49. The zero-order valence-corrected chi connectivity index (χ0v) is 12.6. The number of rotatable bonds is 6. The largest absolute Gasteiger partial charge is 0.383 e. The minimum atomic E-state index is -4.57. The highest BCUT2D eigenvalue weighted by Crippen LogP contribution is 2.25. The van der Waals surface area contributed by atoms with E-state index in [1.807, 2.05) is 0 Å². The molecule has 0 unspecified atom stereocenters. The number of likely N-dealkylation sites (tertiary alicyclic amines) is 1. The zero-order valence-electron chi connectivity index (χ0n) is 11.8. The zero-order chi connectivity index (χ0) is 15.3. The van der Waals surface area contributed by atoms with Gasteiger partial charge < -0.3 is 10.2 Å². The molecule has 7 heteroatoms. The minimum Gasteiger partial charge on any atom is -0.383 e. The van der Waals surface area contributed by atoms with Crippen LogP contribution in [0.4, 0.5) is 14.5 Å². The van der Waals surface area contributed by atoms with Crippen LogP contribution >= 0.6 is 0 Å². The van der Waals surface area contributed by atoms with Crippen LogP contribution in [0.5, 0.6) is 0 Å². The lowest BCUT2D eigenvalue weighted by Crippen LogP contribution is -2.33. The number of piperidine rings is 1. The standard InChI is InChI=1S/C14H20F2N2O2S/c15-14(16)21(19,20)13-7-3-2-6-12(13)17-8-11-18-9-4-1-5-10-18/h2-3,6-7,14,17H,1,4-5,8-11H2. The van der Waals surface area contributed by atoms with Crippen LogP contribution in [0.3, 0.4) is 0 Å². The van der Waals surface area contributed by atoms with Crippen LogP contribution in [-0.4, -0.2) is 45.3 Å². The second kappa shape index (κ2) is 7.17. The van der Waals surface area contributed by atoms with E-state index >= 15 is 0 Å². The maximum Gasteiger partial charge on any atom is 0.341 e. The van der Waals surface area contributed by atoms with Gasteiger partial charge in [-0.05, 0) is 38.1 Å². The first-order valence-corrected chi connectivity index (χ1v) is 8.64. The average Bonchev–Trinajstić information content (AvgIpc) is 2.48. The second-order valence-corrected chi connectivity index (χ2v) is 7.02. The summed E-state index contributed by atoms with van der Waals surface area (Å²) in [4.78, 5) is 1.96. The predicted octanol–water partition coefficient (Wildman–Crippen LogP) is 2.58. The van der Waals surface area contributed by atoms with Gasteiger partial charge >= 0.3 is 5.76 Å². The molecular formula is C14H20F2N2O2S. The van der Waals surface area contributed by atoms with Crippen molar-refractivity contribution in [1.82, 2.24) is 4.90 Å². The summed E-state index contributed by atoms with van der Waals surface area (Å²) in [5.41, 5.74) is 0.245. The molecule has 0 saturated carbocycles. The summed E-state index contributed by atoms with van der Waals surface area (Å²) in [6, 6.07) is 5.81. The topological polar surface area (TPSA) is 49.4 Å². The summed E-state index contributed by atoms with van der Waals surface area (Å²) in [7, 11) is -4.57. The van der Waals surface area contributed by atoms with Crippen molar-refractivity contribution in [2.45, 2.75) is 29.9 Å². The molecule has 0 atom stereocenters. The Hall–Kier alpha value is -1.21. The lowest BCUT2D eigenvalue weighted by molar-refractivity contribution is 0.234. The summed E-state index contributed by atoms with van der Waals surface area (Å²) in [5, 5.41) is 2.97. The summed E-state index contributed by atoms with van der Waals surface area (Å²) in [6.07, 6.45) is 3.60. The van der Waals surface area contributed by atoms with E-state index in [0.717, 1.165) is 19.6 Å². The number of hydrogen-bond donors (Lipinski definition) is 1. The molecule has 1 N–H and O–H groups in total. The van der Waals surface area contributed by atoms with Crippen LogP contribution in [-0.2, 0) is 9.84 Å². The van der Waals surface area contributed by atoms with Crippen molar-refractivity contribution in [2.75, 3.05) is 31.5 Å². The summed E-state index contributed by atoms with van der Waals surface area (Å²) in [5.74, 6) is -3.40. The van der Waals surface area contributed by atoms with E-state index in [4.69, 9.17) is 0 Å². The van der Waals surface area contributed by atoms with Crippen molar-refractivity contribution >= 4 is 15.5 Å². The van der Waals surface area contributed by atoms with Crippen LogP contribution in [0.2, 0.25) is 0 Å². The van der Waals surface area contributed by atoms with Gasteiger partial charge in [-0.3, -0.25) is 0 Å². The molecule has 0 radical (unpaired) electrons. The monoisotopic (exact) mass is 318 g/mol. The normalized spacial score (nSPS) is 17.1. The fourth-order valence-corrected chi connectivity index (χ4v) is 3.40. The quantitative estimate of drug-likeness (QED) is 0.876. The Morgan fingerprint density at radius 3 is 2.48 bits per heavy atom. The smallest absolute Gasteiger partial charge is 0.341 e. The van der Waals surface area contributed by atoms with Crippen molar-refractivity contribution in [3.63, 3.8) is 0 Å². The van der Waals surface area contributed by atoms with Gasteiger partial charge in [0.1, 0.15) is 0 Å². The second-order valence-electron chi connectivity index (χ2n) is 5.13. The molecule has 0 bridgehead atoms. The Bertz CT molecular complexity index is 558. The lowest BCUT2D eigenvalue weighted by atomic mass is 10.1. The molecular weight excluding hydrogens is 298 g/mol. The minimum absolute atomic E-state index is 0.245. The molecule has 118 valence electrons. The average molecular weight is 318 g/mol. The van der Waals surface area contributed by atoms with Gasteiger partial charge in [0, 0.05) is 13.1 Å². The van der Waals surface area contributed by atoms with Crippen LogP contribution in [0.15, 0.2) is 29.2 Å². The van der Waals surface area contributed by atoms with E-state index in [1.54, 1.807) is 6.07 Å². The molecule has 0 amide bonds. The molecule has 0 aromatic heterocycles. The van der Waals surface area contributed by atoms with Gasteiger partial charge in [0.15, 0.2) is 0 Å². The maximum absolute atomic E-state index is 12.7. The Kier molecular flexibility index (Phi) is 5.52. The van der Waals surface area contributed by atoms with E-state index in [2.05, 4.69) is 10.2 Å². The highest BCUT2D eigenvalue weighted by Gasteiger charge is 2.28. The third kappa shape index (κ3) is 4.14. The molecule has 1 heterocycles. The molecule has 1 saturated heterocycles. The Labute approximate surface area is 124 Å². The van der Waals surface area contributed by atoms with Crippen LogP contribution in [0.25, 0.3) is 0 Å². The van der Waals surface area contributed by atoms with Gasteiger partial charge in [0.05, 0.1) is 10.6 Å². The molecule has 2 rings (SSSR count). The molecule has 0 aliphatic carbocycles. The van der Waals surface area contributed by atoms with E-state index < -0.39 is 15.6 Å². The molecule has 0 spiro atoms. The number of nitrogens with one attached hydrogen (secondary N) is 1. The van der Waals surface area contributed by atoms with E-state index in [1.165, 1.54) is 37.5 Å². The molecule has 1 aliphatic heterocycles. The van der Waals surface area contributed by atoms with E-state index in [9.17, 15) is 17.2 Å². The van der Waals surface area contributed by atoms with E-state index in [-0.39, 0.29) is 10.6 Å². The molecule has 1 aliphatic rings. The molecule has 1 aromatic rings. The number of hydrogen-bond acceptors (Lipinski definition) is 4. The van der Waals surface area contributed by atoms with Crippen molar-refractivity contribution in [2.24, 2.45) is 0 Å². The molecule has 21 heavy (non-hydrogen) atoms.